The third kappa shape index (κ3) is 3.64. The molecule has 4 nitrogen and oxygen atoms in total. The maximum absolute atomic E-state index is 13.5. The number of hydrogen-bond donors (Lipinski definition) is 2. The second kappa shape index (κ2) is 5.77. The molecule has 0 fully saturated rings. The van der Waals surface area contributed by atoms with E-state index in [9.17, 15) is 12.8 Å². The SMILES string of the molecule is CCC(CN)NS(=O)(=O)c1ccc(Cl)cc1F. The maximum atomic E-state index is 13.5. The average molecular weight is 281 g/mol. The number of halogens is 2. The summed E-state index contributed by atoms with van der Waals surface area (Å²) < 4.78 is 39.5. The molecule has 17 heavy (non-hydrogen) atoms. The fourth-order valence-corrected chi connectivity index (χ4v) is 2.82. The lowest BCUT2D eigenvalue weighted by Crippen LogP contribution is -2.39. The molecule has 1 aromatic carbocycles. The standard InChI is InChI=1S/C10H14ClFN2O2S/c1-2-8(6-13)14-17(15,16)10-4-3-7(11)5-9(10)12/h3-5,8,14H,2,6,13H2,1H3. The van der Waals surface area contributed by atoms with Crippen LogP contribution in [-0.2, 0) is 10.0 Å². The van der Waals surface area contributed by atoms with E-state index in [0.29, 0.717) is 6.42 Å². The van der Waals surface area contributed by atoms with Gasteiger partial charge in [0.2, 0.25) is 10.0 Å². The van der Waals surface area contributed by atoms with Crippen molar-refractivity contribution in [1.29, 1.82) is 0 Å². The van der Waals surface area contributed by atoms with E-state index in [4.69, 9.17) is 17.3 Å². The van der Waals surface area contributed by atoms with Crippen LogP contribution < -0.4 is 10.5 Å². The van der Waals surface area contributed by atoms with Gasteiger partial charge in [-0.2, -0.15) is 0 Å². The number of benzene rings is 1. The van der Waals surface area contributed by atoms with E-state index >= 15 is 0 Å². The van der Waals surface area contributed by atoms with Crippen LogP contribution in [0.5, 0.6) is 0 Å². The van der Waals surface area contributed by atoms with Crippen LogP contribution in [0, 0.1) is 5.82 Å². The summed E-state index contributed by atoms with van der Waals surface area (Å²) in [7, 11) is -3.89. The van der Waals surface area contributed by atoms with Crippen LogP contribution in [0.25, 0.3) is 0 Å². The quantitative estimate of drug-likeness (QED) is 0.858. The summed E-state index contributed by atoms with van der Waals surface area (Å²) in [5, 5.41) is 0.146. The molecule has 96 valence electrons. The highest BCUT2D eigenvalue weighted by Crippen LogP contribution is 2.19. The monoisotopic (exact) mass is 280 g/mol. The van der Waals surface area contributed by atoms with E-state index in [2.05, 4.69) is 4.72 Å². The molecular weight excluding hydrogens is 267 g/mol. The fourth-order valence-electron chi connectivity index (χ4n) is 1.27. The van der Waals surface area contributed by atoms with Gasteiger partial charge in [-0.1, -0.05) is 18.5 Å². The molecule has 0 aromatic heterocycles. The first-order chi connectivity index (χ1) is 7.90. The van der Waals surface area contributed by atoms with E-state index in [1.807, 2.05) is 0 Å². The number of nitrogens with one attached hydrogen (secondary N) is 1. The predicted octanol–water partition coefficient (Wildman–Crippen LogP) is 1.49. The maximum Gasteiger partial charge on any atom is 0.243 e. The van der Waals surface area contributed by atoms with Gasteiger partial charge in [0.25, 0.3) is 0 Å². The summed E-state index contributed by atoms with van der Waals surface area (Å²) in [6, 6.07) is 3.00. The summed E-state index contributed by atoms with van der Waals surface area (Å²) in [5.74, 6) is -0.878. The average Bonchev–Trinajstić information content (AvgIpc) is 2.25. The zero-order chi connectivity index (χ0) is 13.1. The summed E-state index contributed by atoms with van der Waals surface area (Å²) >= 11 is 5.55. The Kier molecular flexibility index (Phi) is 4.88. The summed E-state index contributed by atoms with van der Waals surface area (Å²) in [4.78, 5) is -0.422. The van der Waals surface area contributed by atoms with Crippen LogP contribution >= 0.6 is 11.6 Å². The largest absolute Gasteiger partial charge is 0.329 e. The van der Waals surface area contributed by atoms with Crippen LogP contribution in [0.2, 0.25) is 5.02 Å². The van der Waals surface area contributed by atoms with E-state index in [1.165, 1.54) is 6.07 Å². The lowest BCUT2D eigenvalue weighted by molar-refractivity contribution is 0.530. The first-order valence-electron chi connectivity index (χ1n) is 5.08. The molecule has 3 N–H and O–H groups in total. The molecule has 1 aromatic rings. The Hall–Kier alpha value is -0.690. The second-order valence-electron chi connectivity index (χ2n) is 3.54. The van der Waals surface area contributed by atoms with Gasteiger partial charge in [0.1, 0.15) is 10.7 Å². The number of nitrogens with two attached hydrogens (primary N) is 1. The molecule has 0 aliphatic carbocycles. The van der Waals surface area contributed by atoms with E-state index < -0.39 is 26.8 Å². The van der Waals surface area contributed by atoms with Crippen LogP contribution in [-0.4, -0.2) is 21.0 Å². The van der Waals surface area contributed by atoms with Gasteiger partial charge >= 0.3 is 0 Å². The van der Waals surface area contributed by atoms with Crippen molar-refractivity contribution in [1.82, 2.24) is 4.72 Å². The zero-order valence-corrected chi connectivity index (χ0v) is 10.9. The lowest BCUT2D eigenvalue weighted by atomic mass is 10.2. The Morgan fingerprint density at radius 3 is 2.65 bits per heavy atom. The van der Waals surface area contributed by atoms with Crippen LogP contribution in [0.4, 0.5) is 4.39 Å². The molecule has 0 spiro atoms. The van der Waals surface area contributed by atoms with Crippen molar-refractivity contribution in [3.63, 3.8) is 0 Å². The molecular formula is C10H14ClFN2O2S. The molecule has 1 atom stereocenters. The van der Waals surface area contributed by atoms with Crippen LogP contribution in [0.3, 0.4) is 0 Å². The normalized spacial score (nSPS) is 13.6. The Morgan fingerprint density at radius 2 is 2.18 bits per heavy atom. The summed E-state index contributed by atoms with van der Waals surface area (Å²) in [5.41, 5.74) is 5.39. The van der Waals surface area contributed by atoms with E-state index in [0.717, 1.165) is 12.1 Å². The molecule has 0 radical (unpaired) electrons. The highest BCUT2D eigenvalue weighted by atomic mass is 35.5. The Morgan fingerprint density at radius 1 is 1.53 bits per heavy atom. The molecule has 0 saturated heterocycles. The molecule has 7 heteroatoms. The number of sulfonamides is 1. The van der Waals surface area contributed by atoms with Gasteiger partial charge in [-0.3, -0.25) is 0 Å². The van der Waals surface area contributed by atoms with Crippen molar-refractivity contribution in [2.24, 2.45) is 5.73 Å². The minimum atomic E-state index is -3.89. The van der Waals surface area contributed by atoms with Crippen molar-refractivity contribution in [3.8, 4) is 0 Å². The van der Waals surface area contributed by atoms with Gasteiger partial charge in [0.05, 0.1) is 0 Å². The predicted molar refractivity (Wildman–Crippen MR) is 64.9 cm³/mol. The molecule has 0 saturated carbocycles. The summed E-state index contributed by atoms with van der Waals surface area (Å²) in [6.45, 7) is 1.95. The topological polar surface area (TPSA) is 72.2 Å². The van der Waals surface area contributed by atoms with Crippen LogP contribution in [0.15, 0.2) is 23.1 Å². The first kappa shape index (κ1) is 14.4. The fraction of sp³-hybridized carbons (Fsp3) is 0.400. The molecule has 1 unspecified atom stereocenters. The highest BCUT2D eigenvalue weighted by molar-refractivity contribution is 7.89. The lowest BCUT2D eigenvalue weighted by Gasteiger charge is -2.15. The minimum absolute atomic E-state index is 0.146. The van der Waals surface area contributed by atoms with Crippen molar-refractivity contribution in [2.45, 2.75) is 24.3 Å². The molecule has 0 heterocycles. The van der Waals surface area contributed by atoms with Crippen molar-refractivity contribution in [2.75, 3.05) is 6.54 Å². The van der Waals surface area contributed by atoms with E-state index in [1.54, 1.807) is 6.92 Å². The van der Waals surface area contributed by atoms with Crippen molar-refractivity contribution >= 4 is 21.6 Å². The Balaban J connectivity index is 3.05. The molecule has 0 aliphatic heterocycles. The highest BCUT2D eigenvalue weighted by Gasteiger charge is 2.21. The third-order valence-electron chi connectivity index (χ3n) is 2.28. The molecule has 0 amide bonds. The Bertz CT molecular complexity index is 489. The van der Waals surface area contributed by atoms with Gasteiger partial charge in [0, 0.05) is 17.6 Å². The van der Waals surface area contributed by atoms with Gasteiger partial charge in [0.15, 0.2) is 0 Å². The minimum Gasteiger partial charge on any atom is -0.329 e. The Labute approximate surface area is 105 Å². The van der Waals surface area contributed by atoms with E-state index in [-0.39, 0.29) is 11.6 Å². The molecule has 0 bridgehead atoms. The molecule has 0 aliphatic rings. The van der Waals surface area contributed by atoms with Crippen LogP contribution in [0.1, 0.15) is 13.3 Å². The van der Waals surface area contributed by atoms with Gasteiger partial charge in [-0.05, 0) is 24.6 Å². The number of hydrogen-bond acceptors (Lipinski definition) is 3. The summed E-state index contributed by atoms with van der Waals surface area (Å²) in [6.07, 6.45) is 0.533. The van der Waals surface area contributed by atoms with Crippen molar-refractivity contribution < 1.29 is 12.8 Å². The molecule has 1 rings (SSSR count). The smallest absolute Gasteiger partial charge is 0.243 e. The zero-order valence-electron chi connectivity index (χ0n) is 9.28. The van der Waals surface area contributed by atoms with Gasteiger partial charge in [-0.25, -0.2) is 17.5 Å². The second-order valence-corrected chi connectivity index (χ2v) is 5.66. The third-order valence-corrected chi connectivity index (χ3v) is 4.07. The van der Waals surface area contributed by atoms with Crippen molar-refractivity contribution in [3.05, 3.63) is 29.0 Å². The van der Waals surface area contributed by atoms with Gasteiger partial charge < -0.3 is 5.73 Å². The first-order valence-corrected chi connectivity index (χ1v) is 6.94. The number of rotatable bonds is 5. The van der Waals surface area contributed by atoms with Gasteiger partial charge in [-0.15, -0.1) is 0 Å².